The van der Waals surface area contributed by atoms with Gasteiger partial charge in [0.25, 0.3) is 11.5 Å². The number of carbonyl (C=O) groups is 1. The van der Waals surface area contributed by atoms with Gasteiger partial charge in [-0.1, -0.05) is 0 Å². The fraction of sp³-hybridized carbons (Fsp3) is 0.250. The topological polar surface area (TPSA) is 141 Å². The van der Waals surface area contributed by atoms with Gasteiger partial charge in [0.2, 0.25) is 5.65 Å². The Labute approximate surface area is 93.3 Å². The number of aromatic amines is 2. The van der Waals surface area contributed by atoms with E-state index in [2.05, 4.69) is 9.97 Å². The van der Waals surface area contributed by atoms with Crippen LogP contribution in [0.4, 0.5) is 0 Å². The van der Waals surface area contributed by atoms with Gasteiger partial charge in [-0.25, -0.2) is 9.78 Å². The van der Waals surface area contributed by atoms with E-state index in [0.29, 0.717) is 10.6 Å². The van der Waals surface area contributed by atoms with E-state index in [1.807, 2.05) is 4.98 Å². The Morgan fingerprint density at radius 3 is 2.41 bits per heavy atom. The Bertz CT molecular complexity index is 661. The first-order chi connectivity index (χ1) is 7.82. The SMILES string of the molecule is CC(=O)O.Cc1nc2c([nH]1)c(=O)[nH]c(=O)n2O. The van der Waals surface area contributed by atoms with Gasteiger partial charge in [0.05, 0.1) is 0 Å². The second-order valence-corrected chi connectivity index (χ2v) is 3.11. The monoisotopic (exact) mass is 242 g/mol. The molecule has 0 aliphatic carbocycles. The van der Waals surface area contributed by atoms with E-state index in [-0.39, 0.29) is 11.2 Å². The molecule has 2 heterocycles. The van der Waals surface area contributed by atoms with Crippen LogP contribution in [-0.2, 0) is 4.79 Å². The number of imidazole rings is 1. The van der Waals surface area contributed by atoms with Gasteiger partial charge < -0.3 is 15.3 Å². The second-order valence-electron chi connectivity index (χ2n) is 3.11. The summed E-state index contributed by atoms with van der Waals surface area (Å²) < 4.78 is 0.292. The standard InChI is InChI=1S/C6H6N4O3.C2H4O2/c1-2-7-3-4(8-2)10(13)6(12)9-5(3)11;1-2(3)4/h13H,1H3,(H,7,8)(H,9,11,12);1H3,(H,3,4). The number of hydrogen-bond donors (Lipinski definition) is 4. The minimum absolute atomic E-state index is 0.0637. The highest BCUT2D eigenvalue weighted by Crippen LogP contribution is 2.00. The van der Waals surface area contributed by atoms with Crippen molar-refractivity contribution in [2.75, 3.05) is 0 Å². The van der Waals surface area contributed by atoms with Gasteiger partial charge in [-0.2, -0.15) is 0 Å². The Morgan fingerprint density at radius 1 is 1.35 bits per heavy atom. The van der Waals surface area contributed by atoms with E-state index in [9.17, 15) is 9.59 Å². The molecule has 0 amide bonds. The quantitative estimate of drug-likeness (QED) is 0.439. The van der Waals surface area contributed by atoms with Crippen LogP contribution < -0.4 is 11.2 Å². The number of H-pyrrole nitrogens is 2. The van der Waals surface area contributed by atoms with Gasteiger partial charge in [0.15, 0.2) is 5.52 Å². The zero-order valence-electron chi connectivity index (χ0n) is 9.01. The number of nitrogens with one attached hydrogen (secondary N) is 2. The van der Waals surface area contributed by atoms with Crippen molar-refractivity contribution in [2.45, 2.75) is 13.8 Å². The summed E-state index contributed by atoms with van der Waals surface area (Å²) in [7, 11) is 0. The molecular weight excluding hydrogens is 232 g/mol. The molecule has 2 aromatic heterocycles. The molecule has 0 fully saturated rings. The number of carboxylic acid groups (broad SMARTS) is 1. The van der Waals surface area contributed by atoms with E-state index in [0.717, 1.165) is 6.92 Å². The van der Waals surface area contributed by atoms with Gasteiger partial charge in [-0.05, 0) is 6.92 Å². The zero-order valence-corrected chi connectivity index (χ0v) is 9.01. The third-order valence-corrected chi connectivity index (χ3v) is 1.64. The first kappa shape index (κ1) is 12.5. The summed E-state index contributed by atoms with van der Waals surface area (Å²) in [6.07, 6.45) is 0. The van der Waals surface area contributed by atoms with Crippen LogP contribution in [-0.4, -0.2) is 36.0 Å². The maximum absolute atomic E-state index is 11.1. The summed E-state index contributed by atoms with van der Waals surface area (Å²) in [6.45, 7) is 2.70. The summed E-state index contributed by atoms with van der Waals surface area (Å²) in [4.78, 5) is 39.3. The molecule has 0 atom stereocenters. The summed E-state index contributed by atoms with van der Waals surface area (Å²) in [5, 5.41) is 16.6. The molecule has 92 valence electrons. The smallest absolute Gasteiger partial charge is 0.363 e. The van der Waals surface area contributed by atoms with Crippen molar-refractivity contribution in [1.29, 1.82) is 0 Å². The summed E-state index contributed by atoms with van der Waals surface area (Å²) in [5.41, 5.74) is -1.47. The van der Waals surface area contributed by atoms with Crippen LogP contribution >= 0.6 is 0 Å². The second kappa shape index (κ2) is 4.51. The number of rotatable bonds is 0. The first-order valence-electron chi connectivity index (χ1n) is 4.43. The van der Waals surface area contributed by atoms with E-state index >= 15 is 0 Å². The molecule has 0 aliphatic rings. The minimum atomic E-state index is -0.899. The van der Waals surface area contributed by atoms with E-state index in [4.69, 9.17) is 15.1 Å². The average Bonchev–Trinajstić information content (AvgIpc) is 2.56. The number of aryl methyl sites for hydroxylation is 1. The lowest BCUT2D eigenvalue weighted by Gasteiger charge is -1.93. The van der Waals surface area contributed by atoms with Crippen molar-refractivity contribution >= 4 is 17.1 Å². The summed E-state index contributed by atoms with van der Waals surface area (Å²) in [5.74, 6) is -0.381. The number of aliphatic carboxylic acids is 1. The highest BCUT2D eigenvalue weighted by atomic mass is 16.5. The maximum Gasteiger partial charge on any atom is 0.363 e. The highest BCUT2D eigenvalue weighted by Gasteiger charge is 2.09. The van der Waals surface area contributed by atoms with Crippen LogP contribution in [0.1, 0.15) is 12.7 Å². The predicted molar refractivity (Wildman–Crippen MR) is 56.2 cm³/mol. The van der Waals surface area contributed by atoms with Crippen molar-refractivity contribution in [2.24, 2.45) is 0 Å². The molecular formula is C8H10N4O5. The van der Waals surface area contributed by atoms with Crippen molar-refractivity contribution in [3.8, 4) is 0 Å². The molecule has 0 saturated heterocycles. The first-order valence-corrected chi connectivity index (χ1v) is 4.43. The molecule has 0 unspecified atom stereocenters. The van der Waals surface area contributed by atoms with Gasteiger partial charge in [-0.3, -0.25) is 14.6 Å². The fourth-order valence-corrected chi connectivity index (χ4v) is 1.10. The van der Waals surface area contributed by atoms with Gasteiger partial charge >= 0.3 is 5.69 Å². The van der Waals surface area contributed by atoms with Gasteiger partial charge in [0.1, 0.15) is 5.82 Å². The number of hydrogen-bond acceptors (Lipinski definition) is 5. The summed E-state index contributed by atoms with van der Waals surface area (Å²) >= 11 is 0. The van der Waals surface area contributed by atoms with Gasteiger partial charge in [0, 0.05) is 6.92 Å². The molecule has 0 saturated carbocycles. The lowest BCUT2D eigenvalue weighted by Crippen LogP contribution is -2.28. The van der Waals surface area contributed by atoms with Crippen molar-refractivity contribution in [1.82, 2.24) is 19.7 Å². The lowest BCUT2D eigenvalue weighted by molar-refractivity contribution is -0.134. The minimum Gasteiger partial charge on any atom is -0.481 e. The number of nitrogens with zero attached hydrogens (tertiary/aromatic N) is 2. The molecule has 9 heteroatoms. The van der Waals surface area contributed by atoms with Crippen molar-refractivity contribution in [3.63, 3.8) is 0 Å². The maximum atomic E-state index is 11.1. The molecule has 0 aromatic carbocycles. The summed E-state index contributed by atoms with van der Waals surface area (Å²) in [6, 6.07) is 0. The van der Waals surface area contributed by atoms with E-state index in [1.165, 1.54) is 0 Å². The van der Waals surface area contributed by atoms with E-state index in [1.54, 1.807) is 6.92 Å². The number of fused-ring (bicyclic) bond motifs is 1. The van der Waals surface area contributed by atoms with E-state index < -0.39 is 17.2 Å². The van der Waals surface area contributed by atoms with Crippen LogP contribution in [0.25, 0.3) is 11.2 Å². The Balaban J connectivity index is 0.000000317. The molecule has 17 heavy (non-hydrogen) atoms. The molecule has 0 spiro atoms. The molecule has 0 bridgehead atoms. The third kappa shape index (κ3) is 2.71. The average molecular weight is 242 g/mol. The van der Waals surface area contributed by atoms with Crippen LogP contribution in [0.15, 0.2) is 9.59 Å². The van der Waals surface area contributed by atoms with Crippen molar-refractivity contribution < 1.29 is 15.1 Å². The van der Waals surface area contributed by atoms with Crippen LogP contribution in [0.2, 0.25) is 0 Å². The predicted octanol–water partition coefficient (Wildman–Crippen LogP) is -0.950. The highest BCUT2D eigenvalue weighted by molar-refractivity contribution is 5.68. The molecule has 2 rings (SSSR count). The van der Waals surface area contributed by atoms with Crippen LogP contribution in [0, 0.1) is 6.92 Å². The van der Waals surface area contributed by atoms with Crippen molar-refractivity contribution in [3.05, 3.63) is 26.7 Å². The number of carboxylic acids is 1. The van der Waals surface area contributed by atoms with Crippen LogP contribution in [0.3, 0.4) is 0 Å². The normalized spacial score (nSPS) is 9.76. The van der Waals surface area contributed by atoms with Gasteiger partial charge in [-0.15, -0.1) is 4.73 Å². The molecule has 4 N–H and O–H groups in total. The largest absolute Gasteiger partial charge is 0.481 e. The molecule has 0 radical (unpaired) electrons. The molecule has 2 aromatic rings. The zero-order chi connectivity index (χ0) is 13.2. The molecule has 0 aliphatic heterocycles. The lowest BCUT2D eigenvalue weighted by atomic mass is 10.5. The van der Waals surface area contributed by atoms with Crippen LogP contribution in [0.5, 0.6) is 0 Å². The Morgan fingerprint density at radius 2 is 1.88 bits per heavy atom. The number of aromatic nitrogens is 4. The fourth-order valence-electron chi connectivity index (χ4n) is 1.10. The Hall–Kier alpha value is -2.58. The third-order valence-electron chi connectivity index (χ3n) is 1.64. The molecule has 9 nitrogen and oxygen atoms in total. The Kier molecular flexibility index (Phi) is 3.31.